The molecular weight excluding hydrogens is 428 g/mol. The number of ether oxygens (including phenoxy) is 1. The van der Waals surface area contributed by atoms with E-state index in [1.807, 2.05) is 19.9 Å². The third-order valence-corrected chi connectivity index (χ3v) is 5.61. The monoisotopic (exact) mass is 448 g/mol. The molecule has 32 heavy (non-hydrogen) atoms. The summed E-state index contributed by atoms with van der Waals surface area (Å²) in [5, 5.41) is 13.0. The van der Waals surface area contributed by atoms with E-state index in [0.717, 1.165) is 0 Å². The minimum absolute atomic E-state index is 0.0688. The number of hydrogen-bond donors (Lipinski definition) is 1. The van der Waals surface area contributed by atoms with Crippen LogP contribution in [0.15, 0.2) is 59.1 Å². The Morgan fingerprint density at radius 3 is 2.38 bits per heavy atom. The lowest BCUT2D eigenvalue weighted by molar-refractivity contribution is -0.138. The number of nitrogens with one attached hydrogen (secondary N) is 1. The molecule has 0 spiro atoms. The molecule has 2 aromatic carbocycles. The average molecular weight is 449 g/mol. The summed E-state index contributed by atoms with van der Waals surface area (Å²) in [6.45, 7) is 4.56. The van der Waals surface area contributed by atoms with Crippen molar-refractivity contribution >= 4 is 34.9 Å². The third kappa shape index (κ3) is 4.15. The number of nitrogens with zero attached hydrogens (tertiary/aromatic N) is 3. The molecule has 1 N–H and O–H groups in total. The smallest absolute Gasteiger partial charge is 0.266 e. The fraction of sp³-hybridized carbons (Fsp3) is 0.250. The lowest BCUT2D eigenvalue weighted by atomic mass is 10.0. The van der Waals surface area contributed by atoms with E-state index in [9.17, 15) is 14.9 Å². The number of aliphatic imine (C=N–C) groups is 1. The third-order valence-electron chi connectivity index (χ3n) is 5.28. The zero-order valence-electron chi connectivity index (χ0n) is 17.6. The van der Waals surface area contributed by atoms with E-state index < -0.39 is 11.8 Å². The van der Waals surface area contributed by atoms with E-state index in [1.54, 1.807) is 53.4 Å². The summed E-state index contributed by atoms with van der Waals surface area (Å²) >= 11 is 6.14. The molecule has 2 amide bonds. The summed E-state index contributed by atoms with van der Waals surface area (Å²) in [4.78, 5) is 32.1. The Kier molecular flexibility index (Phi) is 6.08. The van der Waals surface area contributed by atoms with Crippen molar-refractivity contribution < 1.29 is 14.3 Å². The highest BCUT2D eigenvalue weighted by Gasteiger charge is 2.32. The Balaban J connectivity index is 1.71. The zero-order chi connectivity index (χ0) is 22.8. The highest BCUT2D eigenvalue weighted by atomic mass is 35.5. The van der Waals surface area contributed by atoms with Crippen molar-refractivity contribution in [2.24, 2.45) is 4.99 Å². The Morgan fingerprint density at radius 1 is 1.09 bits per heavy atom. The Hall–Kier alpha value is -3.47. The summed E-state index contributed by atoms with van der Waals surface area (Å²) < 4.78 is 5.70. The molecule has 0 unspecified atom stereocenters. The van der Waals surface area contributed by atoms with Crippen LogP contribution >= 0.6 is 11.6 Å². The Labute approximate surface area is 191 Å². The lowest BCUT2D eigenvalue weighted by Crippen LogP contribution is -2.48. The molecule has 7 nitrogen and oxygen atoms in total. The van der Waals surface area contributed by atoms with Crippen LogP contribution in [0.4, 0.5) is 0 Å². The molecule has 4 rings (SSSR count). The van der Waals surface area contributed by atoms with Gasteiger partial charge < -0.3 is 15.0 Å². The number of carbonyl (C=O) groups excluding carboxylic acids is 2. The quantitative estimate of drug-likeness (QED) is 0.562. The summed E-state index contributed by atoms with van der Waals surface area (Å²) in [5.74, 6) is -0.558. The van der Waals surface area contributed by atoms with Crippen molar-refractivity contribution in [3.63, 3.8) is 0 Å². The van der Waals surface area contributed by atoms with Crippen LogP contribution in [0.1, 0.15) is 35.3 Å². The second-order valence-corrected chi connectivity index (χ2v) is 8.15. The van der Waals surface area contributed by atoms with Gasteiger partial charge in [-0.05, 0) is 26.0 Å². The molecule has 0 saturated carbocycles. The molecular formula is C24H21ClN4O3. The van der Waals surface area contributed by atoms with Gasteiger partial charge in [0.1, 0.15) is 17.5 Å². The van der Waals surface area contributed by atoms with Crippen molar-refractivity contribution in [1.82, 2.24) is 10.2 Å². The van der Waals surface area contributed by atoms with Gasteiger partial charge in [-0.1, -0.05) is 48.0 Å². The van der Waals surface area contributed by atoms with Gasteiger partial charge in [0.05, 0.1) is 28.5 Å². The fourth-order valence-electron chi connectivity index (χ4n) is 3.94. The van der Waals surface area contributed by atoms with Gasteiger partial charge in [-0.2, -0.15) is 5.26 Å². The number of fused-ring (bicyclic) bond motifs is 1. The van der Waals surface area contributed by atoms with Crippen molar-refractivity contribution in [1.29, 1.82) is 5.26 Å². The highest BCUT2D eigenvalue weighted by Crippen LogP contribution is 2.32. The van der Waals surface area contributed by atoms with Gasteiger partial charge in [0.2, 0.25) is 0 Å². The lowest BCUT2D eigenvalue weighted by Gasteiger charge is -2.35. The van der Waals surface area contributed by atoms with Crippen molar-refractivity contribution in [3.05, 3.63) is 75.8 Å². The molecule has 1 fully saturated rings. The first-order chi connectivity index (χ1) is 15.4. The highest BCUT2D eigenvalue weighted by molar-refractivity contribution is 6.34. The van der Waals surface area contributed by atoms with E-state index in [1.165, 1.54) is 0 Å². The van der Waals surface area contributed by atoms with Gasteiger partial charge in [-0.25, -0.2) is 4.99 Å². The van der Waals surface area contributed by atoms with Gasteiger partial charge in [-0.3, -0.25) is 9.59 Å². The van der Waals surface area contributed by atoms with Gasteiger partial charge in [0.25, 0.3) is 11.8 Å². The summed E-state index contributed by atoms with van der Waals surface area (Å²) in [6.07, 6.45) is -0.255. The van der Waals surface area contributed by atoms with Gasteiger partial charge in [0, 0.05) is 24.2 Å². The molecule has 0 radical (unpaired) electrons. The number of carbonyl (C=O) groups is 2. The topological polar surface area (TPSA) is 94.8 Å². The molecule has 162 valence electrons. The van der Waals surface area contributed by atoms with Gasteiger partial charge in [-0.15, -0.1) is 0 Å². The molecule has 0 aromatic heterocycles. The largest absolute Gasteiger partial charge is 0.372 e. The summed E-state index contributed by atoms with van der Waals surface area (Å²) in [7, 11) is 0. The minimum atomic E-state index is -0.425. The first-order valence-corrected chi connectivity index (χ1v) is 10.6. The SMILES string of the molecule is C[C@@H]1CN(C(=O)/C(C#N)=C2\N=C(NC(=O)c3ccccc3Cl)c3ccccc32)C[C@H](C)O1. The molecule has 1 saturated heterocycles. The number of halogens is 1. The number of rotatable bonds is 2. The normalized spacial score (nSPS) is 21.3. The van der Waals surface area contributed by atoms with Gasteiger partial charge in [0.15, 0.2) is 0 Å². The standard InChI is InChI=1S/C24H21ClN4O3/c1-14-12-29(13-15(2)32-14)24(31)19(11-26)21-16-7-3-4-8-17(16)22(27-21)28-23(30)18-9-5-6-10-20(18)25/h3-10,14-15H,12-13H2,1-2H3,(H,27,28,30)/b21-19-/t14-,15+. The zero-order valence-corrected chi connectivity index (χ0v) is 18.4. The number of nitriles is 1. The average Bonchev–Trinajstić information content (AvgIpc) is 3.12. The summed E-state index contributed by atoms with van der Waals surface area (Å²) in [5.41, 5.74) is 1.73. The van der Waals surface area contributed by atoms with Crippen molar-refractivity contribution in [2.75, 3.05) is 13.1 Å². The maximum atomic E-state index is 13.2. The van der Waals surface area contributed by atoms with Gasteiger partial charge >= 0.3 is 0 Å². The van der Waals surface area contributed by atoms with E-state index in [2.05, 4.69) is 10.3 Å². The number of amidine groups is 1. The maximum absolute atomic E-state index is 13.2. The van der Waals surface area contributed by atoms with Crippen molar-refractivity contribution in [3.8, 4) is 6.07 Å². The van der Waals surface area contributed by atoms with E-state index in [-0.39, 0.29) is 29.3 Å². The van der Waals surface area contributed by atoms with Crippen LogP contribution in [0.25, 0.3) is 5.70 Å². The molecule has 2 aromatic rings. The molecule has 0 bridgehead atoms. The van der Waals surface area contributed by atoms with Crippen LogP contribution in [0, 0.1) is 11.3 Å². The second kappa shape index (κ2) is 8.95. The molecule has 2 aliphatic rings. The predicted molar refractivity (Wildman–Crippen MR) is 121 cm³/mol. The van der Waals surface area contributed by atoms with Crippen molar-refractivity contribution in [2.45, 2.75) is 26.1 Å². The van der Waals surface area contributed by atoms with Crippen LogP contribution in [-0.4, -0.2) is 47.8 Å². The molecule has 2 aliphatic heterocycles. The summed E-state index contributed by atoms with van der Waals surface area (Å²) in [6, 6.07) is 15.9. The Morgan fingerprint density at radius 2 is 1.72 bits per heavy atom. The van der Waals surface area contributed by atoms with Crippen LogP contribution < -0.4 is 5.32 Å². The number of benzene rings is 2. The van der Waals surface area contributed by atoms with E-state index >= 15 is 0 Å². The maximum Gasteiger partial charge on any atom is 0.266 e. The first-order valence-electron chi connectivity index (χ1n) is 10.2. The minimum Gasteiger partial charge on any atom is -0.372 e. The molecule has 2 atom stereocenters. The number of amides is 2. The molecule has 0 aliphatic carbocycles. The fourth-order valence-corrected chi connectivity index (χ4v) is 4.16. The van der Waals surface area contributed by atoms with Crippen LogP contribution in [0.3, 0.4) is 0 Å². The molecule has 2 heterocycles. The second-order valence-electron chi connectivity index (χ2n) is 7.74. The van der Waals surface area contributed by atoms with E-state index in [0.29, 0.717) is 34.8 Å². The number of morpholine rings is 1. The van der Waals surface area contributed by atoms with Crippen LogP contribution in [-0.2, 0) is 9.53 Å². The Bertz CT molecular complexity index is 1190. The van der Waals surface area contributed by atoms with E-state index in [4.69, 9.17) is 16.3 Å². The van der Waals surface area contributed by atoms with Crippen LogP contribution in [0.5, 0.6) is 0 Å². The number of hydrogen-bond acceptors (Lipinski definition) is 5. The predicted octanol–water partition coefficient (Wildman–Crippen LogP) is 3.40. The first kappa shape index (κ1) is 21.8. The van der Waals surface area contributed by atoms with Crippen LogP contribution in [0.2, 0.25) is 5.02 Å². The molecule has 8 heteroatoms.